The average molecular weight is 664 g/mol. The van der Waals surface area contributed by atoms with E-state index in [0.717, 1.165) is 30.9 Å². The maximum absolute atomic E-state index is 6.75. The second-order valence-corrected chi connectivity index (χ2v) is 13.2. The van der Waals surface area contributed by atoms with E-state index in [9.17, 15) is 0 Å². The van der Waals surface area contributed by atoms with Crippen LogP contribution in [-0.4, -0.2) is 0 Å². The molecule has 1 aromatic heterocycles. The lowest BCUT2D eigenvalue weighted by atomic mass is 9.70. The maximum Gasteiger partial charge on any atom is 0.144 e. The minimum atomic E-state index is -0.486. The zero-order valence-corrected chi connectivity index (χ0v) is 25.4. The summed E-state index contributed by atoms with van der Waals surface area (Å²) in [6.45, 7) is 0. The van der Waals surface area contributed by atoms with Gasteiger partial charge in [0.15, 0.2) is 0 Å². The number of fused-ring (bicyclic) bond motifs is 18. The van der Waals surface area contributed by atoms with Crippen molar-refractivity contribution in [1.29, 1.82) is 0 Å². The quantitative estimate of drug-likeness (QED) is 0.157. The van der Waals surface area contributed by atoms with Crippen LogP contribution in [0.5, 0.6) is 0 Å². The number of furan rings is 1. The van der Waals surface area contributed by atoms with Gasteiger partial charge in [-0.05, 0) is 84.8 Å². The van der Waals surface area contributed by atoms with Crippen LogP contribution in [0, 0.1) is 0 Å². The van der Waals surface area contributed by atoms with Crippen molar-refractivity contribution in [3.63, 3.8) is 0 Å². The Bertz CT molecular complexity index is 2420. The third kappa shape index (κ3) is 2.66. The molecule has 0 radical (unpaired) electrons. The van der Waals surface area contributed by atoms with Crippen LogP contribution in [-0.2, 0) is 5.41 Å². The lowest BCUT2D eigenvalue weighted by Gasteiger charge is -2.31. The first-order chi connectivity index (χ1) is 20.7. The molecular weight excluding hydrogens is 644 g/mol. The predicted octanol–water partition coefficient (Wildman–Crippen LogP) is 11.8. The molecule has 3 heteroatoms. The molecule has 196 valence electrons. The summed E-state index contributed by atoms with van der Waals surface area (Å²) < 4.78 is 8.87. The van der Waals surface area contributed by atoms with Gasteiger partial charge in [-0.1, -0.05) is 129 Å². The average Bonchev–Trinajstić information content (AvgIpc) is 3.65. The number of halogens is 2. The summed E-state index contributed by atoms with van der Waals surface area (Å²) in [5.41, 5.74) is 11.7. The van der Waals surface area contributed by atoms with Gasteiger partial charge in [0.25, 0.3) is 0 Å². The third-order valence-electron chi connectivity index (χ3n) is 9.58. The van der Waals surface area contributed by atoms with Crippen molar-refractivity contribution in [2.45, 2.75) is 5.41 Å². The Kier molecular flexibility index (Phi) is 4.46. The highest BCUT2D eigenvalue weighted by Gasteiger charge is 2.53. The van der Waals surface area contributed by atoms with Gasteiger partial charge < -0.3 is 4.42 Å². The lowest BCUT2D eigenvalue weighted by molar-refractivity contribution is 0.669. The first-order valence-corrected chi connectivity index (χ1v) is 15.7. The summed E-state index contributed by atoms with van der Waals surface area (Å²) in [6.07, 6.45) is 0. The minimum Gasteiger partial charge on any atom is -0.455 e. The van der Waals surface area contributed by atoms with Crippen molar-refractivity contribution < 1.29 is 4.42 Å². The molecule has 1 heterocycles. The zero-order valence-electron chi connectivity index (χ0n) is 22.2. The number of hydrogen-bond donors (Lipinski definition) is 0. The van der Waals surface area contributed by atoms with Gasteiger partial charge in [0, 0.05) is 25.3 Å². The van der Waals surface area contributed by atoms with Crippen molar-refractivity contribution in [1.82, 2.24) is 0 Å². The second kappa shape index (κ2) is 8.01. The monoisotopic (exact) mass is 662 g/mol. The first kappa shape index (κ1) is 23.4. The van der Waals surface area contributed by atoms with Crippen LogP contribution in [0.15, 0.2) is 135 Å². The summed E-state index contributed by atoms with van der Waals surface area (Å²) >= 11 is 7.85. The molecule has 0 atom stereocenters. The zero-order chi connectivity index (χ0) is 27.7. The van der Waals surface area contributed by atoms with E-state index in [-0.39, 0.29) is 0 Å². The summed E-state index contributed by atoms with van der Waals surface area (Å²) in [5, 5.41) is 7.36. The molecule has 0 aliphatic heterocycles. The fraction of sp³-hybridized carbons (Fsp3) is 0.0256. The molecule has 0 unspecified atom stereocenters. The molecule has 1 nitrogen and oxygen atoms in total. The second-order valence-electron chi connectivity index (χ2n) is 11.4. The largest absolute Gasteiger partial charge is 0.455 e. The standard InChI is InChI=1S/C39H20Br2O/c40-23-15-18-28-27(19-23)36-31(20-32(41)37-26-11-5-6-12-33(26)42-38(36)37)39(28)29-16-13-21-7-1-3-9-24(21)34(29)35-25-10-4-2-8-22(25)14-17-30(35)39/h1-20H. The fourth-order valence-electron chi connectivity index (χ4n) is 8.04. The van der Waals surface area contributed by atoms with Gasteiger partial charge in [-0.15, -0.1) is 0 Å². The predicted molar refractivity (Wildman–Crippen MR) is 180 cm³/mol. The van der Waals surface area contributed by atoms with Crippen molar-refractivity contribution in [2.24, 2.45) is 0 Å². The molecule has 0 amide bonds. The first-order valence-electron chi connectivity index (χ1n) is 14.2. The lowest BCUT2D eigenvalue weighted by Crippen LogP contribution is -2.26. The van der Waals surface area contributed by atoms with Crippen molar-refractivity contribution in [2.75, 3.05) is 0 Å². The van der Waals surface area contributed by atoms with Gasteiger partial charge in [-0.3, -0.25) is 0 Å². The molecule has 2 aliphatic rings. The van der Waals surface area contributed by atoms with E-state index in [4.69, 9.17) is 4.42 Å². The Balaban J connectivity index is 1.48. The third-order valence-corrected chi connectivity index (χ3v) is 10.7. The summed E-state index contributed by atoms with van der Waals surface area (Å²) in [5.74, 6) is 0. The highest BCUT2D eigenvalue weighted by atomic mass is 79.9. The molecule has 0 bridgehead atoms. The normalized spacial score (nSPS) is 14.1. The van der Waals surface area contributed by atoms with E-state index in [1.807, 2.05) is 6.07 Å². The molecule has 0 N–H and O–H groups in total. The van der Waals surface area contributed by atoms with E-state index < -0.39 is 5.41 Å². The van der Waals surface area contributed by atoms with E-state index in [1.165, 1.54) is 66.1 Å². The summed E-state index contributed by atoms with van der Waals surface area (Å²) in [7, 11) is 0. The van der Waals surface area contributed by atoms with Gasteiger partial charge in [0.2, 0.25) is 0 Å². The van der Waals surface area contributed by atoms with Crippen LogP contribution < -0.4 is 0 Å². The van der Waals surface area contributed by atoms with Gasteiger partial charge in [-0.25, -0.2) is 0 Å². The molecule has 10 rings (SSSR count). The Labute approximate surface area is 258 Å². The van der Waals surface area contributed by atoms with E-state index in [0.29, 0.717) is 0 Å². The molecule has 0 saturated carbocycles. The smallest absolute Gasteiger partial charge is 0.144 e. The van der Waals surface area contributed by atoms with Crippen molar-refractivity contribution >= 4 is 75.3 Å². The van der Waals surface area contributed by atoms with Crippen LogP contribution in [0.3, 0.4) is 0 Å². The van der Waals surface area contributed by atoms with E-state index in [1.54, 1.807) is 0 Å². The molecule has 42 heavy (non-hydrogen) atoms. The summed E-state index contributed by atoms with van der Waals surface area (Å²) in [4.78, 5) is 0. The van der Waals surface area contributed by atoms with Crippen molar-refractivity contribution in [3.05, 3.63) is 153 Å². The minimum absolute atomic E-state index is 0.486. The Morgan fingerprint density at radius 2 is 1.10 bits per heavy atom. The highest BCUT2D eigenvalue weighted by molar-refractivity contribution is 9.11. The molecule has 7 aromatic carbocycles. The number of hydrogen-bond acceptors (Lipinski definition) is 1. The van der Waals surface area contributed by atoms with Gasteiger partial charge in [-0.2, -0.15) is 0 Å². The van der Waals surface area contributed by atoms with Crippen LogP contribution in [0.1, 0.15) is 22.3 Å². The topological polar surface area (TPSA) is 13.1 Å². The Morgan fingerprint density at radius 3 is 1.79 bits per heavy atom. The van der Waals surface area contributed by atoms with E-state index in [2.05, 4.69) is 147 Å². The van der Waals surface area contributed by atoms with Gasteiger partial charge in [0.05, 0.1) is 5.41 Å². The van der Waals surface area contributed by atoms with Crippen LogP contribution in [0.25, 0.3) is 65.7 Å². The van der Waals surface area contributed by atoms with Gasteiger partial charge in [0.1, 0.15) is 11.2 Å². The fourth-order valence-corrected chi connectivity index (χ4v) is 9.03. The molecule has 1 spiro atoms. The molecule has 0 fully saturated rings. The molecule has 2 aliphatic carbocycles. The molecule has 8 aromatic rings. The SMILES string of the molecule is Brc1ccc2c(c1)-c1c(cc(Br)c3c1oc1ccccc13)C21c2ccc3ccccc3c2-c2c1ccc1ccccc21. The Hall–Kier alpha value is -4.18. The van der Waals surface area contributed by atoms with Crippen LogP contribution >= 0.6 is 31.9 Å². The van der Waals surface area contributed by atoms with Crippen LogP contribution in [0.4, 0.5) is 0 Å². The molecule has 0 saturated heterocycles. The van der Waals surface area contributed by atoms with Crippen molar-refractivity contribution in [3.8, 4) is 22.3 Å². The van der Waals surface area contributed by atoms with Gasteiger partial charge >= 0.3 is 0 Å². The Morgan fingerprint density at radius 1 is 0.500 bits per heavy atom. The maximum atomic E-state index is 6.75. The number of rotatable bonds is 0. The highest BCUT2D eigenvalue weighted by Crippen LogP contribution is 2.66. The van der Waals surface area contributed by atoms with Crippen LogP contribution in [0.2, 0.25) is 0 Å². The summed E-state index contributed by atoms with van der Waals surface area (Å²) in [6, 6.07) is 44.5. The van der Waals surface area contributed by atoms with E-state index >= 15 is 0 Å². The molecular formula is C39H20Br2O. The number of para-hydroxylation sites is 1. The number of benzene rings is 7.